The highest BCUT2D eigenvalue weighted by Gasteiger charge is 2.44. The van der Waals surface area contributed by atoms with E-state index in [1.807, 2.05) is 66.7 Å². The SMILES string of the molecule is COc1cc(OC)cc(N2C(=N)C(=C3Cc4ccccc4N3)C(=O)C2CCOc2ccccc2)c1. The molecule has 2 aliphatic rings. The quantitative estimate of drug-likeness (QED) is 0.482. The van der Waals surface area contributed by atoms with Crippen LogP contribution in [0, 0.1) is 5.41 Å². The summed E-state index contributed by atoms with van der Waals surface area (Å²) in [6.07, 6.45) is 1.00. The zero-order valence-electron chi connectivity index (χ0n) is 19.7. The van der Waals surface area contributed by atoms with Gasteiger partial charge < -0.3 is 24.4 Å². The smallest absolute Gasteiger partial charge is 0.191 e. The second-order valence-electron chi connectivity index (χ2n) is 8.43. The van der Waals surface area contributed by atoms with Crippen molar-refractivity contribution in [3.05, 3.63) is 89.6 Å². The van der Waals surface area contributed by atoms with Crippen molar-refractivity contribution in [1.82, 2.24) is 0 Å². The molecular formula is C28H27N3O4. The minimum atomic E-state index is -0.587. The Labute approximate surface area is 204 Å². The highest BCUT2D eigenvalue weighted by atomic mass is 16.5. The van der Waals surface area contributed by atoms with Gasteiger partial charge in [0.2, 0.25) is 0 Å². The first kappa shape index (κ1) is 22.5. The van der Waals surface area contributed by atoms with Crippen LogP contribution in [0.15, 0.2) is 84.1 Å². The maximum Gasteiger partial charge on any atom is 0.191 e. The van der Waals surface area contributed by atoms with Crippen LogP contribution in [0.25, 0.3) is 0 Å². The first-order chi connectivity index (χ1) is 17.1. The van der Waals surface area contributed by atoms with Crippen LogP contribution in [0.1, 0.15) is 12.0 Å². The van der Waals surface area contributed by atoms with Crippen molar-refractivity contribution in [2.75, 3.05) is 31.0 Å². The summed E-state index contributed by atoms with van der Waals surface area (Å²) in [4.78, 5) is 15.5. The average molecular weight is 470 g/mol. The fraction of sp³-hybridized carbons (Fsp3) is 0.214. The molecule has 35 heavy (non-hydrogen) atoms. The Bertz CT molecular complexity index is 1250. The van der Waals surface area contributed by atoms with E-state index in [1.165, 1.54) is 0 Å². The van der Waals surface area contributed by atoms with Crippen molar-refractivity contribution in [3.63, 3.8) is 0 Å². The number of ether oxygens (including phenoxy) is 3. The zero-order chi connectivity index (χ0) is 24.4. The molecule has 0 spiro atoms. The number of nitrogens with one attached hydrogen (secondary N) is 2. The second-order valence-corrected chi connectivity index (χ2v) is 8.43. The van der Waals surface area contributed by atoms with Crippen molar-refractivity contribution >= 4 is 23.0 Å². The summed E-state index contributed by atoms with van der Waals surface area (Å²) >= 11 is 0. The lowest BCUT2D eigenvalue weighted by Crippen LogP contribution is -2.36. The summed E-state index contributed by atoms with van der Waals surface area (Å²) in [5, 5.41) is 12.4. The molecule has 1 unspecified atom stereocenters. The number of fused-ring (bicyclic) bond motifs is 1. The summed E-state index contributed by atoms with van der Waals surface area (Å²) in [5.74, 6) is 1.99. The lowest BCUT2D eigenvalue weighted by molar-refractivity contribution is -0.115. The number of methoxy groups -OCH3 is 2. The number of ketones is 1. The van der Waals surface area contributed by atoms with Crippen LogP contribution >= 0.6 is 0 Å². The fourth-order valence-electron chi connectivity index (χ4n) is 4.62. The molecule has 0 aromatic heterocycles. The predicted octanol–water partition coefficient (Wildman–Crippen LogP) is 4.83. The number of hydrogen-bond donors (Lipinski definition) is 2. The molecule has 1 saturated heterocycles. The number of nitrogens with zero attached hydrogens (tertiary/aromatic N) is 1. The highest BCUT2D eigenvalue weighted by molar-refractivity contribution is 6.35. The molecule has 2 heterocycles. The Morgan fingerprint density at radius 3 is 2.31 bits per heavy atom. The molecule has 0 aliphatic carbocycles. The van der Waals surface area contributed by atoms with Gasteiger partial charge in [-0.3, -0.25) is 10.2 Å². The molecule has 7 nitrogen and oxygen atoms in total. The number of allylic oxidation sites excluding steroid dienone is 1. The van der Waals surface area contributed by atoms with Gasteiger partial charge in [-0.05, 0) is 23.8 Å². The van der Waals surface area contributed by atoms with E-state index in [1.54, 1.807) is 25.2 Å². The Kier molecular flexibility index (Phi) is 6.14. The largest absolute Gasteiger partial charge is 0.497 e. The predicted molar refractivity (Wildman–Crippen MR) is 136 cm³/mol. The van der Waals surface area contributed by atoms with E-state index < -0.39 is 6.04 Å². The zero-order valence-corrected chi connectivity index (χ0v) is 19.7. The normalized spacial score (nSPS) is 18.9. The summed E-state index contributed by atoms with van der Waals surface area (Å²) < 4.78 is 16.8. The standard InChI is InChI=1S/C28H27N3O4/c1-33-21-15-19(16-22(17-21)34-2)31-25(12-13-35-20-9-4-3-5-10-20)27(32)26(28(31)29)24-14-18-8-6-7-11-23(18)30-24/h3-11,15-17,25,29-30H,12-14H2,1-2H3. The van der Waals surface area contributed by atoms with Crippen molar-refractivity contribution < 1.29 is 19.0 Å². The number of para-hydroxylation sites is 2. The molecule has 1 fully saturated rings. The molecule has 3 aromatic carbocycles. The first-order valence-corrected chi connectivity index (χ1v) is 11.5. The van der Waals surface area contributed by atoms with Crippen molar-refractivity contribution in [3.8, 4) is 17.2 Å². The van der Waals surface area contributed by atoms with E-state index in [9.17, 15) is 4.79 Å². The van der Waals surface area contributed by atoms with Crippen LogP contribution in [0.3, 0.4) is 0 Å². The summed E-state index contributed by atoms with van der Waals surface area (Å²) in [6.45, 7) is 0.335. The Balaban J connectivity index is 1.50. The third-order valence-corrected chi connectivity index (χ3v) is 6.33. The van der Waals surface area contributed by atoms with E-state index in [4.69, 9.17) is 19.6 Å². The van der Waals surface area contributed by atoms with Crippen LogP contribution in [-0.4, -0.2) is 38.5 Å². The number of rotatable bonds is 7. The monoisotopic (exact) mass is 469 g/mol. The topological polar surface area (TPSA) is 83.9 Å². The highest BCUT2D eigenvalue weighted by Crippen LogP contribution is 2.38. The van der Waals surface area contributed by atoms with Crippen LogP contribution in [0.2, 0.25) is 0 Å². The van der Waals surface area contributed by atoms with Gasteiger partial charge in [-0.25, -0.2) is 0 Å². The molecule has 0 saturated carbocycles. The molecule has 1 atom stereocenters. The molecule has 0 radical (unpaired) electrons. The van der Waals surface area contributed by atoms with Crippen molar-refractivity contribution in [1.29, 1.82) is 5.41 Å². The molecule has 7 heteroatoms. The van der Waals surface area contributed by atoms with Gasteiger partial charge in [0.05, 0.1) is 32.1 Å². The summed E-state index contributed by atoms with van der Waals surface area (Å²) in [6, 6.07) is 22.3. The minimum absolute atomic E-state index is 0.0937. The van der Waals surface area contributed by atoms with Gasteiger partial charge in [0, 0.05) is 42.4 Å². The lowest BCUT2D eigenvalue weighted by Gasteiger charge is -2.25. The third kappa shape index (κ3) is 4.33. The Hall–Kier alpha value is -4.26. The molecule has 0 bridgehead atoms. The average Bonchev–Trinajstić information content (AvgIpc) is 3.42. The van der Waals surface area contributed by atoms with Gasteiger partial charge in [-0.15, -0.1) is 0 Å². The first-order valence-electron chi connectivity index (χ1n) is 11.5. The van der Waals surface area contributed by atoms with Crippen LogP contribution in [-0.2, 0) is 11.2 Å². The van der Waals surface area contributed by atoms with Gasteiger partial charge in [-0.2, -0.15) is 0 Å². The number of Topliss-reactive ketones (excluding diaryl/α,β-unsaturated/α-hetero) is 1. The van der Waals surface area contributed by atoms with Crippen LogP contribution in [0.5, 0.6) is 17.2 Å². The number of amidine groups is 1. The van der Waals surface area contributed by atoms with Gasteiger partial charge >= 0.3 is 0 Å². The maximum absolute atomic E-state index is 13.8. The molecule has 2 aliphatic heterocycles. The molecule has 3 aromatic rings. The second kappa shape index (κ2) is 9.54. The number of carbonyl (C=O) groups is 1. The lowest BCUT2D eigenvalue weighted by atomic mass is 10.0. The number of anilines is 2. The van der Waals surface area contributed by atoms with E-state index in [0.29, 0.717) is 42.2 Å². The van der Waals surface area contributed by atoms with E-state index in [0.717, 1.165) is 22.7 Å². The number of hydrogen-bond acceptors (Lipinski definition) is 6. The molecule has 2 N–H and O–H groups in total. The summed E-state index contributed by atoms with van der Waals surface area (Å²) in [5.41, 5.74) is 3.91. The number of benzene rings is 3. The van der Waals surface area contributed by atoms with Gasteiger partial charge in [0.15, 0.2) is 5.78 Å². The van der Waals surface area contributed by atoms with Crippen LogP contribution < -0.4 is 24.4 Å². The Morgan fingerprint density at radius 2 is 1.63 bits per heavy atom. The molecule has 178 valence electrons. The molecule has 0 amide bonds. The minimum Gasteiger partial charge on any atom is -0.497 e. The van der Waals surface area contributed by atoms with Crippen molar-refractivity contribution in [2.24, 2.45) is 0 Å². The van der Waals surface area contributed by atoms with E-state index in [2.05, 4.69) is 5.32 Å². The number of carbonyl (C=O) groups excluding carboxylic acids is 1. The van der Waals surface area contributed by atoms with Gasteiger partial charge in [0.25, 0.3) is 0 Å². The maximum atomic E-state index is 13.8. The van der Waals surface area contributed by atoms with E-state index in [-0.39, 0.29) is 11.6 Å². The molecule has 5 rings (SSSR count). The van der Waals surface area contributed by atoms with Crippen LogP contribution in [0.4, 0.5) is 11.4 Å². The van der Waals surface area contributed by atoms with Gasteiger partial charge in [-0.1, -0.05) is 36.4 Å². The third-order valence-electron chi connectivity index (χ3n) is 6.33. The molecular weight excluding hydrogens is 442 g/mol. The van der Waals surface area contributed by atoms with Crippen molar-refractivity contribution in [2.45, 2.75) is 18.9 Å². The Morgan fingerprint density at radius 1 is 0.943 bits per heavy atom. The summed E-state index contributed by atoms with van der Waals surface area (Å²) in [7, 11) is 3.16. The van der Waals surface area contributed by atoms with Gasteiger partial charge in [0.1, 0.15) is 29.1 Å². The van der Waals surface area contributed by atoms with E-state index >= 15 is 0 Å². The fourth-order valence-corrected chi connectivity index (χ4v) is 4.62.